The minimum Gasteiger partial charge on any atom is -0.449 e. The van der Waals surface area contributed by atoms with Gasteiger partial charge >= 0.3 is 0 Å². The Labute approximate surface area is 244 Å². The van der Waals surface area contributed by atoms with Crippen LogP contribution >= 0.6 is 7.14 Å². The Hall–Kier alpha value is -5.11. The zero-order chi connectivity index (χ0) is 28.1. The zero-order valence-electron chi connectivity index (χ0n) is 22.6. The summed E-state index contributed by atoms with van der Waals surface area (Å²) in [7, 11) is -3.05. The second-order valence-corrected chi connectivity index (χ2v) is 13.2. The van der Waals surface area contributed by atoms with Crippen molar-refractivity contribution in [2.24, 2.45) is 0 Å². The van der Waals surface area contributed by atoms with E-state index in [1.807, 2.05) is 103 Å². The Kier molecular flexibility index (Phi) is 5.73. The van der Waals surface area contributed by atoms with Gasteiger partial charge in [-0.1, -0.05) is 121 Å². The maximum absolute atomic E-state index is 14.9. The van der Waals surface area contributed by atoms with Gasteiger partial charge in [-0.3, -0.25) is 0 Å². The number of benzene rings is 7. The third kappa shape index (κ3) is 3.94. The highest BCUT2D eigenvalue weighted by Gasteiger charge is 2.30. The molecule has 0 amide bonds. The molecule has 0 aromatic heterocycles. The van der Waals surface area contributed by atoms with Crippen molar-refractivity contribution in [3.63, 3.8) is 0 Å². The molecule has 0 unspecified atom stereocenters. The summed E-state index contributed by atoms with van der Waals surface area (Å²) in [5.41, 5.74) is 2.14. The van der Waals surface area contributed by atoms with Crippen LogP contribution in [0.15, 0.2) is 152 Å². The third-order valence-corrected chi connectivity index (χ3v) is 11.0. The van der Waals surface area contributed by atoms with E-state index >= 15 is 0 Å². The van der Waals surface area contributed by atoms with Crippen LogP contribution in [0.1, 0.15) is 0 Å². The number of rotatable bonds is 4. The van der Waals surface area contributed by atoms with Crippen molar-refractivity contribution in [2.45, 2.75) is 0 Å². The molecule has 0 bridgehead atoms. The maximum atomic E-state index is 14.9. The third-order valence-electron chi connectivity index (χ3n) is 7.98. The van der Waals surface area contributed by atoms with Gasteiger partial charge in [0.05, 0.1) is 0 Å². The molecule has 7 aromatic rings. The molecule has 1 aliphatic rings. The lowest BCUT2D eigenvalue weighted by molar-refractivity contribution is 0.363. The molecule has 8 rings (SSSR count). The first kappa shape index (κ1) is 24.7. The first-order valence-electron chi connectivity index (χ1n) is 13.9. The number of fused-ring (bicyclic) bond motifs is 5. The minimum absolute atomic E-state index is 0.699. The van der Waals surface area contributed by atoms with Gasteiger partial charge in [0, 0.05) is 21.3 Å². The van der Waals surface area contributed by atoms with Crippen molar-refractivity contribution in [1.29, 1.82) is 0 Å². The summed E-state index contributed by atoms with van der Waals surface area (Å²) < 4.78 is 27.5. The largest absolute Gasteiger partial charge is 0.449 e. The molecule has 1 aliphatic heterocycles. The molecule has 1 heterocycles. The fourth-order valence-electron chi connectivity index (χ4n) is 5.91. The fraction of sp³-hybridized carbons (Fsp3) is 0. The molecule has 0 radical (unpaired) electrons. The smallest absolute Gasteiger partial charge is 0.177 e. The second kappa shape index (κ2) is 9.76. The van der Waals surface area contributed by atoms with Gasteiger partial charge in [-0.05, 0) is 57.6 Å². The lowest BCUT2D eigenvalue weighted by atomic mass is 9.95. The SMILES string of the molecule is O=P(c1ccccc1)(c1ccccc1)c1ccc2cc(-c3cc4c(c5ccccc35)Oc3ccccc3O4)ccc2c1. The highest BCUT2D eigenvalue weighted by atomic mass is 31.2. The van der Waals surface area contributed by atoms with Crippen molar-refractivity contribution in [2.75, 3.05) is 0 Å². The maximum Gasteiger partial charge on any atom is 0.177 e. The van der Waals surface area contributed by atoms with Crippen LogP contribution < -0.4 is 25.4 Å². The normalized spacial score (nSPS) is 12.3. The lowest BCUT2D eigenvalue weighted by Gasteiger charge is -2.23. The monoisotopic (exact) mass is 560 g/mol. The topological polar surface area (TPSA) is 35.5 Å². The molecule has 0 saturated heterocycles. The van der Waals surface area contributed by atoms with Crippen molar-refractivity contribution in [3.05, 3.63) is 152 Å². The van der Waals surface area contributed by atoms with Crippen LogP contribution in [-0.2, 0) is 4.57 Å². The van der Waals surface area contributed by atoms with E-state index in [0.717, 1.165) is 54.3 Å². The molecule has 7 aromatic carbocycles. The van der Waals surface area contributed by atoms with Gasteiger partial charge in [0.2, 0.25) is 0 Å². The average Bonchev–Trinajstić information content (AvgIpc) is 3.07. The van der Waals surface area contributed by atoms with Crippen LogP contribution in [0.3, 0.4) is 0 Å². The lowest BCUT2D eigenvalue weighted by Crippen LogP contribution is -2.24. The van der Waals surface area contributed by atoms with Crippen LogP contribution in [0.4, 0.5) is 0 Å². The van der Waals surface area contributed by atoms with E-state index in [9.17, 15) is 4.57 Å². The highest BCUT2D eigenvalue weighted by Crippen LogP contribution is 2.51. The predicted octanol–water partition coefficient (Wildman–Crippen LogP) is 9.20. The summed E-state index contributed by atoms with van der Waals surface area (Å²) in [6.45, 7) is 0. The Morgan fingerprint density at radius 1 is 0.429 bits per heavy atom. The highest BCUT2D eigenvalue weighted by molar-refractivity contribution is 7.85. The molecule has 200 valence electrons. The van der Waals surface area contributed by atoms with Gasteiger partial charge in [-0.25, -0.2) is 0 Å². The van der Waals surface area contributed by atoms with Gasteiger partial charge in [0.25, 0.3) is 0 Å². The average molecular weight is 561 g/mol. The molecule has 4 heteroatoms. The van der Waals surface area contributed by atoms with Crippen LogP contribution in [0, 0.1) is 0 Å². The second-order valence-electron chi connectivity index (χ2n) is 10.5. The zero-order valence-corrected chi connectivity index (χ0v) is 23.5. The molecule has 0 spiro atoms. The summed E-state index contributed by atoms with van der Waals surface area (Å²) >= 11 is 0. The Bertz CT molecular complexity index is 2130. The fourth-order valence-corrected chi connectivity index (χ4v) is 8.59. The minimum atomic E-state index is -3.05. The quantitative estimate of drug-likeness (QED) is 0.201. The number of hydrogen-bond donors (Lipinski definition) is 0. The van der Waals surface area contributed by atoms with Crippen LogP contribution in [0.2, 0.25) is 0 Å². The Morgan fingerprint density at radius 2 is 1.00 bits per heavy atom. The van der Waals surface area contributed by atoms with Crippen molar-refractivity contribution in [3.8, 4) is 34.1 Å². The van der Waals surface area contributed by atoms with E-state index in [0.29, 0.717) is 17.2 Å². The van der Waals surface area contributed by atoms with Crippen LogP contribution in [0.5, 0.6) is 23.0 Å². The summed E-state index contributed by atoms with van der Waals surface area (Å²) in [4.78, 5) is 0. The molecule has 0 fully saturated rings. The standard InChI is InChI=1S/C38H25O3P/c39-42(29-11-3-1-4-12-29,30-13-5-2-6-14-30)31-22-21-26-23-28(20-19-27(26)24-31)34-25-37-38(33-16-8-7-15-32(33)34)41-36-18-10-9-17-35(36)40-37/h1-25H. The first-order chi connectivity index (χ1) is 20.7. The molecule has 42 heavy (non-hydrogen) atoms. The van der Waals surface area contributed by atoms with Gasteiger partial charge < -0.3 is 14.0 Å². The van der Waals surface area contributed by atoms with E-state index < -0.39 is 7.14 Å². The van der Waals surface area contributed by atoms with E-state index in [2.05, 4.69) is 48.5 Å². The van der Waals surface area contributed by atoms with Crippen LogP contribution in [-0.4, -0.2) is 0 Å². The van der Waals surface area contributed by atoms with Crippen LogP contribution in [0.25, 0.3) is 32.7 Å². The molecule has 0 N–H and O–H groups in total. The van der Waals surface area contributed by atoms with Crippen molar-refractivity contribution < 1.29 is 14.0 Å². The van der Waals surface area contributed by atoms with Gasteiger partial charge in [-0.2, -0.15) is 0 Å². The van der Waals surface area contributed by atoms with Gasteiger partial charge in [0.15, 0.2) is 30.1 Å². The van der Waals surface area contributed by atoms with Crippen molar-refractivity contribution >= 4 is 44.6 Å². The van der Waals surface area contributed by atoms with Crippen molar-refractivity contribution in [1.82, 2.24) is 0 Å². The van der Waals surface area contributed by atoms with Gasteiger partial charge in [-0.15, -0.1) is 0 Å². The number of hydrogen-bond acceptors (Lipinski definition) is 3. The number of para-hydroxylation sites is 2. The Balaban J connectivity index is 1.26. The Morgan fingerprint density at radius 3 is 1.71 bits per heavy atom. The summed E-state index contributed by atoms with van der Waals surface area (Å²) in [5.74, 6) is 2.85. The molecule has 0 aliphatic carbocycles. The molecular weight excluding hydrogens is 535 g/mol. The first-order valence-corrected chi connectivity index (χ1v) is 15.7. The summed E-state index contributed by atoms with van der Waals surface area (Å²) in [6.07, 6.45) is 0. The predicted molar refractivity (Wildman–Crippen MR) is 173 cm³/mol. The molecule has 0 saturated carbocycles. The summed E-state index contributed by atoms with van der Waals surface area (Å²) in [5, 5.41) is 6.69. The number of ether oxygens (including phenoxy) is 2. The van der Waals surface area contributed by atoms with E-state index in [4.69, 9.17) is 9.47 Å². The molecule has 0 atom stereocenters. The van der Waals surface area contributed by atoms with Gasteiger partial charge in [0.1, 0.15) is 0 Å². The summed E-state index contributed by atoms with van der Waals surface area (Å²) in [6, 6.07) is 50.3. The van der Waals surface area contributed by atoms with E-state index in [1.165, 1.54) is 0 Å². The molecule has 3 nitrogen and oxygen atoms in total. The molecular formula is C38H25O3P. The van der Waals surface area contributed by atoms with E-state index in [-0.39, 0.29) is 0 Å². The van der Waals surface area contributed by atoms with E-state index in [1.54, 1.807) is 0 Å².